The van der Waals surface area contributed by atoms with Gasteiger partial charge < -0.3 is 4.74 Å². The Morgan fingerprint density at radius 1 is 1.41 bits per heavy atom. The van der Waals surface area contributed by atoms with Crippen LogP contribution in [0, 0.1) is 17.1 Å². The van der Waals surface area contributed by atoms with Crippen LogP contribution in [0.3, 0.4) is 0 Å². The van der Waals surface area contributed by atoms with E-state index in [1.165, 1.54) is 12.1 Å². The first-order valence-corrected chi connectivity index (χ1v) is 6.72. The third-order valence-corrected chi connectivity index (χ3v) is 4.25. The quantitative estimate of drug-likeness (QED) is 0.827. The number of halogens is 1. The maximum atomic E-state index is 13.1. The van der Waals surface area contributed by atoms with Crippen LogP contribution in [0.15, 0.2) is 18.2 Å². The first-order chi connectivity index (χ1) is 8.29. The largest absolute Gasteiger partial charge is 0.381 e. The van der Waals surface area contributed by atoms with Gasteiger partial charge in [-0.15, -0.1) is 0 Å². The predicted octanol–water partition coefficient (Wildman–Crippen LogP) is 3.11. The fourth-order valence-corrected chi connectivity index (χ4v) is 3.02. The molecule has 0 aliphatic carbocycles. The van der Waals surface area contributed by atoms with Crippen LogP contribution in [-0.4, -0.2) is 18.5 Å². The van der Waals surface area contributed by atoms with E-state index in [-0.39, 0.29) is 5.82 Å². The molecule has 1 aromatic rings. The van der Waals surface area contributed by atoms with Gasteiger partial charge in [0.05, 0.1) is 11.6 Å². The smallest absolute Gasteiger partial charge is 0.123 e. The first kappa shape index (κ1) is 12.4. The van der Waals surface area contributed by atoms with Crippen LogP contribution in [0.5, 0.6) is 0 Å². The van der Waals surface area contributed by atoms with Gasteiger partial charge in [0.2, 0.25) is 0 Å². The normalized spacial score (nSPS) is 16.7. The van der Waals surface area contributed by atoms with Gasteiger partial charge >= 0.3 is 0 Å². The van der Waals surface area contributed by atoms with Crippen molar-refractivity contribution in [1.29, 1.82) is 5.26 Å². The Morgan fingerprint density at radius 3 is 2.88 bits per heavy atom. The van der Waals surface area contributed by atoms with Crippen molar-refractivity contribution in [2.75, 3.05) is 13.2 Å². The van der Waals surface area contributed by atoms with Crippen LogP contribution in [0.4, 0.5) is 4.39 Å². The molecule has 0 unspecified atom stereocenters. The van der Waals surface area contributed by atoms with E-state index < -0.39 is 0 Å². The lowest BCUT2D eigenvalue weighted by molar-refractivity contribution is 0.1000. The molecule has 1 aliphatic heterocycles. The minimum Gasteiger partial charge on any atom is -0.381 e. The van der Waals surface area contributed by atoms with Crippen molar-refractivity contribution in [2.45, 2.75) is 23.8 Å². The standard InChI is InChI=1S/C13H14FNOS/c14-12-2-1-10(8-15)11(7-12)9-17-13-3-5-16-6-4-13/h1-2,7,13H,3-6,9H2. The lowest BCUT2D eigenvalue weighted by Gasteiger charge is -2.21. The molecule has 4 heteroatoms. The van der Waals surface area contributed by atoms with E-state index in [1.54, 1.807) is 17.8 Å². The van der Waals surface area contributed by atoms with Crippen LogP contribution in [0.25, 0.3) is 0 Å². The van der Waals surface area contributed by atoms with Gasteiger partial charge in [-0.1, -0.05) is 0 Å². The summed E-state index contributed by atoms with van der Waals surface area (Å²) in [5.74, 6) is 0.428. The third kappa shape index (κ3) is 3.45. The molecule has 1 aliphatic rings. The molecule has 0 atom stereocenters. The second-order valence-corrected chi connectivity index (χ2v) is 5.32. The summed E-state index contributed by atoms with van der Waals surface area (Å²) in [6.07, 6.45) is 2.09. The topological polar surface area (TPSA) is 33.0 Å². The molecular weight excluding hydrogens is 237 g/mol. The molecule has 1 heterocycles. The van der Waals surface area contributed by atoms with Crippen LogP contribution < -0.4 is 0 Å². The number of hydrogen-bond acceptors (Lipinski definition) is 3. The second-order valence-electron chi connectivity index (χ2n) is 4.04. The van der Waals surface area contributed by atoms with Crippen molar-refractivity contribution in [3.05, 3.63) is 35.1 Å². The lowest BCUT2D eigenvalue weighted by atomic mass is 10.1. The Hall–Kier alpha value is -1.05. The van der Waals surface area contributed by atoms with Crippen molar-refractivity contribution >= 4 is 11.8 Å². The average Bonchev–Trinajstić information content (AvgIpc) is 2.38. The average molecular weight is 251 g/mol. The molecule has 0 saturated carbocycles. The number of hydrogen-bond donors (Lipinski definition) is 0. The van der Waals surface area contributed by atoms with Gasteiger partial charge in [-0.3, -0.25) is 0 Å². The van der Waals surface area contributed by atoms with E-state index in [0.717, 1.165) is 31.6 Å². The third-order valence-electron chi connectivity index (χ3n) is 2.83. The molecule has 0 radical (unpaired) electrons. The van der Waals surface area contributed by atoms with E-state index in [1.807, 2.05) is 0 Å². The van der Waals surface area contributed by atoms with E-state index in [4.69, 9.17) is 10.00 Å². The van der Waals surface area contributed by atoms with Gasteiger partial charge in [0.15, 0.2) is 0 Å². The van der Waals surface area contributed by atoms with E-state index in [2.05, 4.69) is 6.07 Å². The van der Waals surface area contributed by atoms with Gasteiger partial charge in [0, 0.05) is 24.2 Å². The van der Waals surface area contributed by atoms with Crippen molar-refractivity contribution in [1.82, 2.24) is 0 Å². The summed E-state index contributed by atoms with van der Waals surface area (Å²) in [4.78, 5) is 0. The highest BCUT2D eigenvalue weighted by atomic mass is 32.2. The number of ether oxygens (including phenoxy) is 1. The highest BCUT2D eigenvalue weighted by Gasteiger charge is 2.15. The van der Waals surface area contributed by atoms with Gasteiger partial charge in [-0.2, -0.15) is 17.0 Å². The molecule has 90 valence electrons. The van der Waals surface area contributed by atoms with Crippen LogP contribution in [-0.2, 0) is 10.5 Å². The maximum Gasteiger partial charge on any atom is 0.123 e. The SMILES string of the molecule is N#Cc1ccc(F)cc1CSC1CCOCC1. The highest BCUT2D eigenvalue weighted by Crippen LogP contribution is 2.27. The Bertz CT molecular complexity index is 424. The van der Waals surface area contributed by atoms with Gasteiger partial charge in [-0.25, -0.2) is 4.39 Å². The molecular formula is C13H14FNOS. The Balaban J connectivity index is 1.98. The summed E-state index contributed by atoms with van der Waals surface area (Å²) < 4.78 is 18.4. The fourth-order valence-electron chi connectivity index (χ4n) is 1.84. The van der Waals surface area contributed by atoms with Gasteiger partial charge in [0.25, 0.3) is 0 Å². The summed E-state index contributed by atoms with van der Waals surface area (Å²) >= 11 is 1.79. The number of benzene rings is 1. The van der Waals surface area contributed by atoms with Crippen molar-refractivity contribution in [3.63, 3.8) is 0 Å². The van der Waals surface area contributed by atoms with Gasteiger partial charge in [0.1, 0.15) is 5.82 Å². The zero-order valence-electron chi connectivity index (χ0n) is 9.49. The second kappa shape index (κ2) is 6.04. The zero-order valence-corrected chi connectivity index (χ0v) is 10.3. The molecule has 0 aromatic heterocycles. The Labute approximate surface area is 105 Å². The first-order valence-electron chi connectivity index (χ1n) is 5.67. The molecule has 0 bridgehead atoms. The Morgan fingerprint density at radius 2 is 2.18 bits per heavy atom. The molecule has 0 N–H and O–H groups in total. The molecule has 0 amide bonds. The molecule has 2 rings (SSSR count). The van der Waals surface area contributed by atoms with Crippen molar-refractivity contribution in [3.8, 4) is 6.07 Å². The zero-order chi connectivity index (χ0) is 12.1. The van der Waals surface area contributed by atoms with E-state index in [9.17, 15) is 4.39 Å². The number of nitrogens with zero attached hydrogens (tertiary/aromatic N) is 1. The summed E-state index contributed by atoms with van der Waals surface area (Å²) in [6.45, 7) is 1.62. The van der Waals surface area contributed by atoms with Gasteiger partial charge in [-0.05, 0) is 36.6 Å². The number of thioether (sulfide) groups is 1. The van der Waals surface area contributed by atoms with Crippen LogP contribution >= 0.6 is 11.8 Å². The molecule has 17 heavy (non-hydrogen) atoms. The summed E-state index contributed by atoms with van der Waals surface area (Å²) in [5, 5.41) is 9.51. The number of nitriles is 1. The maximum absolute atomic E-state index is 13.1. The fraction of sp³-hybridized carbons (Fsp3) is 0.462. The summed E-state index contributed by atoms with van der Waals surface area (Å²) in [7, 11) is 0. The molecule has 1 saturated heterocycles. The minimum atomic E-state index is -0.272. The highest BCUT2D eigenvalue weighted by molar-refractivity contribution is 7.99. The number of rotatable bonds is 3. The minimum absolute atomic E-state index is 0.272. The summed E-state index contributed by atoms with van der Waals surface area (Å²) in [5.41, 5.74) is 1.37. The summed E-state index contributed by atoms with van der Waals surface area (Å²) in [6, 6.07) is 6.45. The molecule has 1 fully saturated rings. The molecule has 0 spiro atoms. The monoisotopic (exact) mass is 251 g/mol. The van der Waals surface area contributed by atoms with Crippen LogP contribution in [0.1, 0.15) is 24.0 Å². The molecule has 2 nitrogen and oxygen atoms in total. The van der Waals surface area contributed by atoms with E-state index in [0.29, 0.717) is 16.6 Å². The van der Waals surface area contributed by atoms with E-state index >= 15 is 0 Å². The van der Waals surface area contributed by atoms with Crippen LogP contribution in [0.2, 0.25) is 0 Å². The Kier molecular flexibility index (Phi) is 4.41. The molecule has 1 aromatic carbocycles. The van der Waals surface area contributed by atoms with Crippen molar-refractivity contribution < 1.29 is 9.13 Å². The predicted molar refractivity (Wildman–Crippen MR) is 66.3 cm³/mol. The lowest BCUT2D eigenvalue weighted by Crippen LogP contribution is -2.17. The van der Waals surface area contributed by atoms with Crippen molar-refractivity contribution in [2.24, 2.45) is 0 Å².